The van der Waals surface area contributed by atoms with E-state index in [1.807, 2.05) is 36.4 Å². The van der Waals surface area contributed by atoms with Gasteiger partial charge in [-0.05, 0) is 24.6 Å². The van der Waals surface area contributed by atoms with Crippen molar-refractivity contribution in [2.24, 2.45) is 0 Å². The summed E-state index contributed by atoms with van der Waals surface area (Å²) in [5.41, 5.74) is 1.16. The Morgan fingerprint density at radius 1 is 1.00 bits per heavy atom. The number of terminal acetylenes is 1. The van der Waals surface area contributed by atoms with Crippen molar-refractivity contribution in [1.29, 1.82) is 0 Å². The lowest BCUT2D eigenvalue weighted by Gasteiger charge is -2.18. The van der Waals surface area contributed by atoms with E-state index in [0.717, 1.165) is 5.56 Å². The maximum absolute atomic E-state index is 5.70. The standard InChI is InChI=1S/C18H16S/c1-3-18(2,19-17-12-8-5-9-13-17)15-14-16-10-6-4-7-11-16/h1,4-15H,2H3/b15-14+. The summed E-state index contributed by atoms with van der Waals surface area (Å²) in [5.74, 6) is 2.87. The molecule has 0 aliphatic heterocycles. The van der Waals surface area contributed by atoms with Gasteiger partial charge in [0.15, 0.2) is 0 Å². The van der Waals surface area contributed by atoms with E-state index in [4.69, 9.17) is 6.42 Å². The molecule has 0 saturated heterocycles. The maximum Gasteiger partial charge on any atom is 0.0963 e. The lowest BCUT2D eigenvalue weighted by molar-refractivity contribution is 1.05. The highest BCUT2D eigenvalue weighted by atomic mass is 32.2. The zero-order chi connectivity index (χ0) is 13.6. The van der Waals surface area contributed by atoms with Crippen molar-refractivity contribution < 1.29 is 0 Å². The van der Waals surface area contributed by atoms with E-state index in [2.05, 4.69) is 49.3 Å². The van der Waals surface area contributed by atoms with Gasteiger partial charge < -0.3 is 0 Å². The molecule has 2 aromatic rings. The van der Waals surface area contributed by atoms with Crippen LogP contribution in [0.3, 0.4) is 0 Å². The fourth-order valence-corrected chi connectivity index (χ4v) is 2.64. The number of thioether (sulfide) groups is 1. The highest BCUT2D eigenvalue weighted by molar-refractivity contribution is 8.01. The minimum atomic E-state index is -0.336. The zero-order valence-corrected chi connectivity index (χ0v) is 11.7. The van der Waals surface area contributed by atoms with Gasteiger partial charge in [-0.25, -0.2) is 0 Å². The largest absolute Gasteiger partial charge is 0.118 e. The number of benzene rings is 2. The Balaban J connectivity index is 2.15. The van der Waals surface area contributed by atoms with Crippen LogP contribution in [0.5, 0.6) is 0 Å². The molecule has 0 spiro atoms. The maximum atomic E-state index is 5.70. The molecule has 0 amide bonds. The molecule has 0 heterocycles. The van der Waals surface area contributed by atoms with Crippen LogP contribution in [0, 0.1) is 12.3 Å². The van der Waals surface area contributed by atoms with Crippen LogP contribution in [0.4, 0.5) is 0 Å². The number of hydrogen-bond donors (Lipinski definition) is 0. The topological polar surface area (TPSA) is 0 Å². The summed E-state index contributed by atoms with van der Waals surface area (Å²) in [6.45, 7) is 2.06. The summed E-state index contributed by atoms with van der Waals surface area (Å²) in [6, 6.07) is 20.4. The minimum Gasteiger partial charge on any atom is -0.118 e. The molecule has 0 aliphatic carbocycles. The van der Waals surface area contributed by atoms with E-state index >= 15 is 0 Å². The molecule has 1 atom stereocenters. The second kappa shape index (κ2) is 6.31. The highest BCUT2D eigenvalue weighted by Crippen LogP contribution is 2.33. The fraction of sp³-hybridized carbons (Fsp3) is 0.111. The monoisotopic (exact) mass is 264 g/mol. The Labute approximate surface area is 119 Å². The first-order chi connectivity index (χ1) is 9.22. The molecule has 19 heavy (non-hydrogen) atoms. The van der Waals surface area contributed by atoms with Gasteiger partial charge in [0.1, 0.15) is 0 Å². The Kier molecular flexibility index (Phi) is 4.49. The first kappa shape index (κ1) is 13.5. The third-order valence-electron chi connectivity index (χ3n) is 2.75. The minimum absolute atomic E-state index is 0.336. The van der Waals surface area contributed by atoms with Crippen LogP contribution in [0.15, 0.2) is 71.6 Å². The molecule has 1 heteroatoms. The van der Waals surface area contributed by atoms with Crippen molar-refractivity contribution in [2.45, 2.75) is 16.6 Å². The Bertz CT molecular complexity index is 578. The van der Waals surface area contributed by atoms with Crippen LogP contribution in [0.2, 0.25) is 0 Å². The van der Waals surface area contributed by atoms with E-state index in [1.165, 1.54) is 4.90 Å². The molecule has 0 bridgehead atoms. The summed E-state index contributed by atoms with van der Waals surface area (Å²) in [5, 5.41) is 0. The third-order valence-corrected chi connectivity index (χ3v) is 3.94. The third kappa shape index (κ3) is 4.05. The van der Waals surface area contributed by atoms with Crippen LogP contribution >= 0.6 is 11.8 Å². The van der Waals surface area contributed by atoms with Gasteiger partial charge in [-0.3, -0.25) is 0 Å². The van der Waals surface area contributed by atoms with Crippen molar-refractivity contribution >= 4 is 17.8 Å². The van der Waals surface area contributed by atoms with Gasteiger partial charge in [0.2, 0.25) is 0 Å². The summed E-state index contributed by atoms with van der Waals surface area (Å²) >= 11 is 1.69. The lowest BCUT2D eigenvalue weighted by atomic mass is 10.1. The van der Waals surface area contributed by atoms with Crippen molar-refractivity contribution in [3.8, 4) is 12.3 Å². The molecule has 0 N–H and O–H groups in total. The highest BCUT2D eigenvalue weighted by Gasteiger charge is 2.18. The van der Waals surface area contributed by atoms with E-state index in [1.54, 1.807) is 11.8 Å². The first-order valence-electron chi connectivity index (χ1n) is 6.18. The Hall–Kier alpha value is -1.91. The molecular weight excluding hydrogens is 248 g/mol. The molecule has 94 valence electrons. The van der Waals surface area contributed by atoms with Crippen LogP contribution < -0.4 is 0 Å². The normalized spacial score (nSPS) is 13.9. The van der Waals surface area contributed by atoms with Crippen LogP contribution in [0.1, 0.15) is 12.5 Å². The average molecular weight is 264 g/mol. The van der Waals surface area contributed by atoms with Crippen LogP contribution in [-0.4, -0.2) is 4.75 Å². The molecule has 0 aromatic heterocycles. The van der Waals surface area contributed by atoms with Gasteiger partial charge in [0, 0.05) is 4.90 Å². The van der Waals surface area contributed by atoms with Crippen LogP contribution in [0.25, 0.3) is 6.08 Å². The molecule has 2 rings (SSSR count). The van der Waals surface area contributed by atoms with Crippen molar-refractivity contribution in [3.63, 3.8) is 0 Å². The second-order valence-electron chi connectivity index (χ2n) is 4.41. The Morgan fingerprint density at radius 3 is 2.16 bits per heavy atom. The Morgan fingerprint density at radius 2 is 1.58 bits per heavy atom. The van der Waals surface area contributed by atoms with Crippen molar-refractivity contribution in [2.75, 3.05) is 0 Å². The van der Waals surface area contributed by atoms with Gasteiger partial charge in [-0.2, -0.15) is 0 Å². The van der Waals surface area contributed by atoms with Gasteiger partial charge in [-0.15, -0.1) is 18.2 Å². The molecule has 0 nitrogen and oxygen atoms in total. The van der Waals surface area contributed by atoms with Crippen molar-refractivity contribution in [1.82, 2.24) is 0 Å². The summed E-state index contributed by atoms with van der Waals surface area (Å²) in [6.07, 6.45) is 9.86. The summed E-state index contributed by atoms with van der Waals surface area (Å²) < 4.78 is -0.336. The molecule has 0 radical (unpaired) electrons. The zero-order valence-electron chi connectivity index (χ0n) is 10.9. The summed E-state index contributed by atoms with van der Waals surface area (Å²) in [7, 11) is 0. The summed E-state index contributed by atoms with van der Waals surface area (Å²) in [4.78, 5) is 1.18. The van der Waals surface area contributed by atoms with E-state index in [-0.39, 0.29) is 4.75 Å². The number of rotatable bonds is 4. The smallest absolute Gasteiger partial charge is 0.0963 e. The van der Waals surface area contributed by atoms with Crippen molar-refractivity contribution in [3.05, 3.63) is 72.3 Å². The predicted molar refractivity (Wildman–Crippen MR) is 85.0 cm³/mol. The van der Waals surface area contributed by atoms with E-state index in [9.17, 15) is 0 Å². The van der Waals surface area contributed by atoms with Crippen LogP contribution in [-0.2, 0) is 0 Å². The molecule has 2 aromatic carbocycles. The van der Waals surface area contributed by atoms with E-state index < -0.39 is 0 Å². The second-order valence-corrected chi connectivity index (χ2v) is 5.93. The van der Waals surface area contributed by atoms with Gasteiger partial charge in [0.05, 0.1) is 4.75 Å². The SMILES string of the molecule is C#CC(C)(/C=C/c1ccccc1)Sc1ccccc1. The quantitative estimate of drug-likeness (QED) is 0.560. The molecular formula is C18H16S. The predicted octanol–water partition coefficient (Wildman–Crippen LogP) is 4.88. The molecule has 1 unspecified atom stereocenters. The number of hydrogen-bond acceptors (Lipinski definition) is 1. The molecule has 0 fully saturated rings. The molecule has 0 saturated carbocycles. The molecule has 0 aliphatic rings. The van der Waals surface area contributed by atoms with E-state index in [0.29, 0.717) is 0 Å². The fourth-order valence-electron chi connectivity index (χ4n) is 1.66. The van der Waals surface area contributed by atoms with Gasteiger partial charge in [0.25, 0.3) is 0 Å². The van der Waals surface area contributed by atoms with Gasteiger partial charge >= 0.3 is 0 Å². The first-order valence-corrected chi connectivity index (χ1v) is 7.00. The lowest BCUT2D eigenvalue weighted by Crippen LogP contribution is -2.12. The van der Waals surface area contributed by atoms with Gasteiger partial charge in [-0.1, -0.05) is 66.6 Å². The average Bonchev–Trinajstić information content (AvgIpc) is 2.47.